The van der Waals surface area contributed by atoms with Gasteiger partial charge in [-0.05, 0) is 44.2 Å². The zero-order valence-electron chi connectivity index (χ0n) is 14.3. The summed E-state index contributed by atoms with van der Waals surface area (Å²) in [7, 11) is 0. The van der Waals surface area contributed by atoms with Crippen molar-refractivity contribution in [2.24, 2.45) is 5.73 Å². The van der Waals surface area contributed by atoms with E-state index in [2.05, 4.69) is 15.3 Å². The molecule has 0 saturated heterocycles. The van der Waals surface area contributed by atoms with Crippen LogP contribution in [0.25, 0.3) is 11.0 Å². The summed E-state index contributed by atoms with van der Waals surface area (Å²) in [6.45, 7) is 4.86. The van der Waals surface area contributed by atoms with Crippen LogP contribution in [0.2, 0.25) is 0 Å². The van der Waals surface area contributed by atoms with Crippen molar-refractivity contribution in [2.75, 3.05) is 18.5 Å². The van der Waals surface area contributed by atoms with Gasteiger partial charge in [0, 0.05) is 35.9 Å². The molecule has 2 aromatic heterocycles. The quantitative estimate of drug-likeness (QED) is 0.716. The predicted molar refractivity (Wildman–Crippen MR) is 98.5 cm³/mol. The topological polar surface area (TPSA) is 95.1 Å². The number of rotatable bonds is 6. The lowest BCUT2D eigenvalue weighted by Crippen LogP contribution is -2.22. The number of nitrogens with one attached hydrogen (secondary N) is 1. The van der Waals surface area contributed by atoms with Crippen LogP contribution in [0.5, 0.6) is 5.75 Å². The monoisotopic (exact) mass is 339 g/mol. The van der Waals surface area contributed by atoms with Crippen LogP contribution < -0.4 is 21.3 Å². The van der Waals surface area contributed by atoms with Gasteiger partial charge in [-0.1, -0.05) is 0 Å². The minimum Gasteiger partial charge on any atom is -0.492 e. The highest BCUT2D eigenvalue weighted by Gasteiger charge is 2.09. The molecule has 0 unspecified atom stereocenters. The first-order chi connectivity index (χ1) is 12.1. The van der Waals surface area contributed by atoms with Crippen molar-refractivity contribution in [3.8, 4) is 5.75 Å². The molecule has 0 amide bonds. The molecule has 3 rings (SSSR count). The Hall–Kier alpha value is -2.93. The first-order valence-corrected chi connectivity index (χ1v) is 8.17. The van der Waals surface area contributed by atoms with E-state index in [1.54, 1.807) is 22.9 Å². The van der Waals surface area contributed by atoms with Gasteiger partial charge in [0.1, 0.15) is 18.0 Å². The third kappa shape index (κ3) is 3.77. The van der Waals surface area contributed by atoms with Crippen molar-refractivity contribution >= 4 is 22.7 Å². The minimum atomic E-state index is -0.0754. The summed E-state index contributed by atoms with van der Waals surface area (Å²) in [4.78, 5) is 21.0. The van der Waals surface area contributed by atoms with Gasteiger partial charge in [-0.25, -0.2) is 4.98 Å². The Balaban J connectivity index is 1.89. The van der Waals surface area contributed by atoms with Crippen LogP contribution in [0, 0.1) is 0 Å². The zero-order chi connectivity index (χ0) is 17.8. The van der Waals surface area contributed by atoms with Gasteiger partial charge in [-0.15, -0.1) is 0 Å². The van der Waals surface area contributed by atoms with Crippen molar-refractivity contribution < 1.29 is 4.74 Å². The fourth-order valence-corrected chi connectivity index (χ4v) is 2.54. The lowest BCUT2D eigenvalue weighted by Gasteiger charge is -2.13. The van der Waals surface area contributed by atoms with E-state index in [1.807, 2.05) is 38.1 Å². The molecule has 0 saturated carbocycles. The summed E-state index contributed by atoms with van der Waals surface area (Å²) in [5.74, 6) is 1.19. The number of ether oxygens (including phenoxy) is 1. The summed E-state index contributed by atoms with van der Waals surface area (Å²) < 4.78 is 7.11. The molecule has 7 nitrogen and oxygen atoms in total. The number of pyridine rings is 1. The van der Waals surface area contributed by atoms with E-state index in [4.69, 9.17) is 10.5 Å². The summed E-state index contributed by atoms with van der Waals surface area (Å²) in [5.41, 5.74) is 6.79. The van der Waals surface area contributed by atoms with Crippen LogP contribution in [0.4, 0.5) is 11.6 Å². The second-order valence-electron chi connectivity index (χ2n) is 5.89. The first kappa shape index (κ1) is 16.9. The highest BCUT2D eigenvalue weighted by Crippen LogP contribution is 2.20. The number of nitrogens with two attached hydrogens (primary N) is 1. The fraction of sp³-hybridized carbons (Fsp3) is 0.278. The lowest BCUT2D eigenvalue weighted by atomic mass is 10.3. The normalized spacial score (nSPS) is 11.0. The molecule has 3 N–H and O–H groups in total. The van der Waals surface area contributed by atoms with Crippen LogP contribution in [0.15, 0.2) is 47.4 Å². The van der Waals surface area contributed by atoms with Gasteiger partial charge in [0.25, 0.3) is 5.56 Å². The molecule has 0 fully saturated rings. The Morgan fingerprint density at radius 2 is 1.96 bits per heavy atom. The molecule has 1 aromatic carbocycles. The highest BCUT2D eigenvalue weighted by atomic mass is 16.5. The molecule has 0 atom stereocenters. The molecule has 0 aliphatic carbocycles. The van der Waals surface area contributed by atoms with E-state index in [1.165, 1.54) is 0 Å². The summed E-state index contributed by atoms with van der Waals surface area (Å²) in [6.07, 6.45) is 1.71. The number of hydrogen-bond acceptors (Lipinski definition) is 6. The van der Waals surface area contributed by atoms with Crippen molar-refractivity contribution in [1.29, 1.82) is 0 Å². The Kier molecular flexibility index (Phi) is 4.95. The van der Waals surface area contributed by atoms with Crippen molar-refractivity contribution in [3.63, 3.8) is 0 Å². The number of fused-ring (bicyclic) bond motifs is 1. The molecular formula is C18H21N5O2. The second-order valence-corrected chi connectivity index (χ2v) is 5.89. The SMILES string of the molecule is CC(C)n1c(=O)ccc2cnc(Nc3ccc(OCCN)cc3)nc21. The van der Waals surface area contributed by atoms with Gasteiger partial charge in [0.05, 0.1) is 0 Å². The standard InChI is InChI=1S/C18H21N5O2/c1-12(2)23-16(24)8-3-13-11-20-18(22-17(13)23)21-14-4-6-15(7-5-14)25-10-9-19/h3-8,11-12H,9-10,19H2,1-2H3,(H,20,21,22). The largest absolute Gasteiger partial charge is 0.492 e. The van der Waals surface area contributed by atoms with Crippen LogP contribution >= 0.6 is 0 Å². The van der Waals surface area contributed by atoms with Crippen molar-refractivity contribution in [2.45, 2.75) is 19.9 Å². The first-order valence-electron chi connectivity index (χ1n) is 8.17. The van der Waals surface area contributed by atoms with Crippen LogP contribution in [-0.4, -0.2) is 27.7 Å². The molecule has 2 heterocycles. The smallest absolute Gasteiger partial charge is 0.252 e. The molecule has 25 heavy (non-hydrogen) atoms. The molecule has 0 bridgehead atoms. The molecule has 0 aliphatic heterocycles. The number of anilines is 2. The summed E-state index contributed by atoms with van der Waals surface area (Å²) in [5, 5.41) is 3.97. The maximum absolute atomic E-state index is 12.1. The van der Waals surface area contributed by atoms with Gasteiger partial charge in [0.15, 0.2) is 0 Å². The van der Waals surface area contributed by atoms with E-state index in [0.717, 1.165) is 16.8 Å². The van der Waals surface area contributed by atoms with E-state index in [0.29, 0.717) is 24.7 Å². The number of benzene rings is 1. The average molecular weight is 339 g/mol. The van der Waals surface area contributed by atoms with E-state index < -0.39 is 0 Å². The van der Waals surface area contributed by atoms with Crippen LogP contribution in [0.1, 0.15) is 19.9 Å². The molecule has 130 valence electrons. The maximum atomic E-state index is 12.1. The number of nitrogens with zero attached hydrogens (tertiary/aromatic N) is 3. The minimum absolute atomic E-state index is 0.0120. The molecule has 7 heteroatoms. The van der Waals surface area contributed by atoms with Crippen LogP contribution in [0.3, 0.4) is 0 Å². The Bertz CT molecular complexity index is 919. The third-order valence-electron chi connectivity index (χ3n) is 3.68. The predicted octanol–water partition coefficient (Wildman–Crippen LogP) is 2.45. The zero-order valence-corrected chi connectivity index (χ0v) is 14.3. The van der Waals surface area contributed by atoms with Gasteiger partial charge in [0.2, 0.25) is 5.95 Å². The lowest BCUT2D eigenvalue weighted by molar-refractivity contribution is 0.328. The second kappa shape index (κ2) is 7.31. The Morgan fingerprint density at radius 3 is 2.64 bits per heavy atom. The number of aromatic nitrogens is 3. The molecule has 0 spiro atoms. The maximum Gasteiger partial charge on any atom is 0.252 e. The van der Waals surface area contributed by atoms with Crippen molar-refractivity contribution in [3.05, 3.63) is 52.9 Å². The van der Waals surface area contributed by atoms with Crippen LogP contribution in [-0.2, 0) is 0 Å². The van der Waals surface area contributed by atoms with Crippen molar-refractivity contribution in [1.82, 2.24) is 14.5 Å². The molecule has 0 aliphatic rings. The van der Waals surface area contributed by atoms with E-state index in [9.17, 15) is 4.79 Å². The molecule has 3 aromatic rings. The number of hydrogen-bond donors (Lipinski definition) is 2. The Labute approximate surface area is 145 Å². The summed E-state index contributed by atoms with van der Waals surface area (Å²) in [6, 6.07) is 10.7. The fourth-order valence-electron chi connectivity index (χ4n) is 2.54. The van der Waals surface area contributed by atoms with Gasteiger partial charge in [-0.2, -0.15) is 4.98 Å². The van der Waals surface area contributed by atoms with Gasteiger partial charge in [-0.3, -0.25) is 9.36 Å². The summed E-state index contributed by atoms with van der Waals surface area (Å²) >= 11 is 0. The van der Waals surface area contributed by atoms with Gasteiger partial charge >= 0.3 is 0 Å². The van der Waals surface area contributed by atoms with E-state index >= 15 is 0 Å². The highest BCUT2D eigenvalue weighted by molar-refractivity contribution is 5.75. The molecule has 0 radical (unpaired) electrons. The third-order valence-corrected chi connectivity index (χ3v) is 3.68. The Morgan fingerprint density at radius 1 is 1.20 bits per heavy atom. The van der Waals surface area contributed by atoms with E-state index in [-0.39, 0.29) is 11.6 Å². The van der Waals surface area contributed by atoms with Gasteiger partial charge < -0.3 is 15.8 Å². The average Bonchev–Trinajstić information content (AvgIpc) is 2.60. The molecular weight excluding hydrogens is 318 g/mol.